The third-order valence-electron chi connectivity index (χ3n) is 3.90. The molecule has 0 heterocycles. The molecule has 0 saturated carbocycles. The number of halogens is 1. The summed E-state index contributed by atoms with van der Waals surface area (Å²) in [6.45, 7) is 6.60. The smallest absolute Gasteiger partial charge is 0.261 e. The molecule has 0 aromatic heterocycles. The average Bonchev–Trinajstić information content (AvgIpc) is 2.61. The fourth-order valence-corrected chi connectivity index (χ4v) is 2.26. The molecule has 0 bridgehead atoms. The molecule has 4 nitrogen and oxygen atoms in total. The minimum Gasteiger partial charge on any atom is -0.492 e. The van der Waals surface area contributed by atoms with Gasteiger partial charge in [-0.25, -0.2) is 4.39 Å². The number of carbonyl (C=O) groups excluding carboxylic acids is 1. The summed E-state index contributed by atoms with van der Waals surface area (Å²) < 4.78 is 24.1. The van der Waals surface area contributed by atoms with E-state index in [1.165, 1.54) is 17.7 Å². The zero-order chi connectivity index (χ0) is 18.2. The molecule has 5 heteroatoms. The summed E-state index contributed by atoms with van der Waals surface area (Å²) in [7, 11) is 0. The maximum Gasteiger partial charge on any atom is 0.261 e. The van der Waals surface area contributed by atoms with Gasteiger partial charge < -0.3 is 14.8 Å². The lowest BCUT2D eigenvalue weighted by Gasteiger charge is -2.18. The van der Waals surface area contributed by atoms with Gasteiger partial charge in [-0.1, -0.05) is 13.0 Å². The number of carbonyl (C=O) groups is 1. The van der Waals surface area contributed by atoms with E-state index in [1.807, 2.05) is 39.0 Å². The number of rotatable bonds is 8. The standard InChI is InChI=1S/C20H24FNO3/c1-4-19(25-18-8-5-14(2)15(3)13-18)20(23)22-11-12-24-17-9-6-16(21)7-10-17/h5-10,13,19H,4,11-12H2,1-3H3,(H,22,23). The van der Waals surface area contributed by atoms with Crippen LogP contribution in [0.4, 0.5) is 4.39 Å². The van der Waals surface area contributed by atoms with Crippen LogP contribution in [0.15, 0.2) is 42.5 Å². The summed E-state index contributed by atoms with van der Waals surface area (Å²) >= 11 is 0. The topological polar surface area (TPSA) is 47.6 Å². The summed E-state index contributed by atoms with van der Waals surface area (Å²) in [5.74, 6) is 0.764. The fourth-order valence-electron chi connectivity index (χ4n) is 2.26. The van der Waals surface area contributed by atoms with Crippen LogP contribution in [-0.4, -0.2) is 25.2 Å². The molecule has 0 aliphatic heterocycles. The van der Waals surface area contributed by atoms with E-state index >= 15 is 0 Å². The fraction of sp³-hybridized carbons (Fsp3) is 0.350. The average molecular weight is 345 g/mol. The van der Waals surface area contributed by atoms with E-state index in [4.69, 9.17) is 9.47 Å². The van der Waals surface area contributed by atoms with Crippen molar-refractivity contribution in [2.75, 3.05) is 13.2 Å². The van der Waals surface area contributed by atoms with Gasteiger partial charge in [-0.3, -0.25) is 4.79 Å². The normalized spacial score (nSPS) is 11.7. The predicted molar refractivity (Wildman–Crippen MR) is 95.5 cm³/mol. The number of hydrogen-bond acceptors (Lipinski definition) is 3. The zero-order valence-electron chi connectivity index (χ0n) is 14.8. The Morgan fingerprint density at radius 2 is 1.76 bits per heavy atom. The van der Waals surface area contributed by atoms with Crippen LogP contribution in [0.25, 0.3) is 0 Å². The lowest BCUT2D eigenvalue weighted by molar-refractivity contribution is -0.128. The molecule has 0 fully saturated rings. The Hall–Kier alpha value is -2.56. The molecule has 0 aliphatic rings. The van der Waals surface area contributed by atoms with Gasteiger partial charge in [0.15, 0.2) is 6.10 Å². The summed E-state index contributed by atoms with van der Waals surface area (Å²) in [6.07, 6.45) is 0.0188. The van der Waals surface area contributed by atoms with Crippen LogP contribution in [-0.2, 0) is 4.79 Å². The van der Waals surface area contributed by atoms with Gasteiger partial charge in [0.1, 0.15) is 23.9 Å². The number of ether oxygens (including phenoxy) is 2. The SMILES string of the molecule is CCC(Oc1ccc(C)c(C)c1)C(=O)NCCOc1ccc(F)cc1. The Morgan fingerprint density at radius 1 is 1.08 bits per heavy atom. The van der Waals surface area contributed by atoms with Gasteiger partial charge in [0.25, 0.3) is 5.91 Å². The first-order chi connectivity index (χ1) is 12.0. The van der Waals surface area contributed by atoms with Crippen LogP contribution in [0.3, 0.4) is 0 Å². The number of benzene rings is 2. The molecule has 2 rings (SSSR count). The van der Waals surface area contributed by atoms with Crippen LogP contribution < -0.4 is 14.8 Å². The van der Waals surface area contributed by atoms with Gasteiger partial charge in [-0.2, -0.15) is 0 Å². The molecule has 0 spiro atoms. The maximum atomic E-state index is 12.8. The second-order valence-electron chi connectivity index (χ2n) is 5.85. The quantitative estimate of drug-likeness (QED) is 0.741. The van der Waals surface area contributed by atoms with Crippen molar-refractivity contribution in [1.29, 1.82) is 0 Å². The summed E-state index contributed by atoms with van der Waals surface area (Å²) in [4.78, 5) is 12.2. The van der Waals surface area contributed by atoms with Crippen molar-refractivity contribution >= 4 is 5.91 Å². The third-order valence-corrected chi connectivity index (χ3v) is 3.90. The molecule has 0 aliphatic carbocycles. The van der Waals surface area contributed by atoms with Gasteiger partial charge in [0, 0.05) is 0 Å². The van der Waals surface area contributed by atoms with E-state index in [0.29, 0.717) is 31.1 Å². The van der Waals surface area contributed by atoms with E-state index in [2.05, 4.69) is 5.32 Å². The lowest BCUT2D eigenvalue weighted by Crippen LogP contribution is -2.39. The Labute approximate surface area is 148 Å². The molecular weight excluding hydrogens is 321 g/mol. The van der Waals surface area contributed by atoms with E-state index in [0.717, 1.165) is 5.56 Å². The summed E-state index contributed by atoms with van der Waals surface area (Å²) in [6, 6.07) is 11.5. The summed E-state index contributed by atoms with van der Waals surface area (Å²) in [5.41, 5.74) is 2.31. The molecule has 0 radical (unpaired) electrons. The molecule has 134 valence electrons. The predicted octanol–water partition coefficient (Wildman–Crippen LogP) is 3.80. The number of nitrogens with one attached hydrogen (secondary N) is 1. The maximum absolute atomic E-state index is 12.8. The number of hydrogen-bond donors (Lipinski definition) is 1. The Kier molecular flexibility index (Phi) is 6.81. The van der Waals surface area contributed by atoms with Crippen molar-refractivity contribution in [3.05, 3.63) is 59.4 Å². The Bertz CT molecular complexity index is 701. The minimum absolute atomic E-state index is 0.177. The van der Waals surface area contributed by atoms with Gasteiger partial charge in [-0.05, 0) is 67.8 Å². The number of aryl methyl sites for hydroxylation is 2. The number of amides is 1. The first kappa shape index (κ1) is 18.8. The van der Waals surface area contributed by atoms with Gasteiger partial charge in [-0.15, -0.1) is 0 Å². The first-order valence-electron chi connectivity index (χ1n) is 8.39. The van der Waals surface area contributed by atoms with Crippen LogP contribution in [0.5, 0.6) is 11.5 Å². The minimum atomic E-state index is -0.548. The van der Waals surface area contributed by atoms with E-state index < -0.39 is 6.10 Å². The molecule has 1 atom stereocenters. The van der Waals surface area contributed by atoms with Gasteiger partial charge in [0.2, 0.25) is 0 Å². The monoisotopic (exact) mass is 345 g/mol. The highest BCUT2D eigenvalue weighted by atomic mass is 19.1. The highest BCUT2D eigenvalue weighted by Gasteiger charge is 2.18. The van der Waals surface area contributed by atoms with Crippen molar-refractivity contribution in [3.8, 4) is 11.5 Å². The van der Waals surface area contributed by atoms with E-state index in [-0.39, 0.29) is 11.7 Å². The van der Waals surface area contributed by atoms with Gasteiger partial charge in [0.05, 0.1) is 6.54 Å². The molecule has 1 unspecified atom stereocenters. The Balaban J connectivity index is 1.79. The molecule has 1 amide bonds. The molecule has 2 aromatic rings. The second kappa shape index (κ2) is 9.06. The zero-order valence-corrected chi connectivity index (χ0v) is 14.8. The van der Waals surface area contributed by atoms with Crippen molar-refractivity contribution in [2.45, 2.75) is 33.3 Å². The first-order valence-corrected chi connectivity index (χ1v) is 8.39. The van der Waals surface area contributed by atoms with Crippen molar-refractivity contribution < 1.29 is 18.7 Å². The molecular formula is C20H24FNO3. The van der Waals surface area contributed by atoms with Crippen molar-refractivity contribution in [3.63, 3.8) is 0 Å². The van der Waals surface area contributed by atoms with Crippen LogP contribution in [0.1, 0.15) is 24.5 Å². The largest absolute Gasteiger partial charge is 0.492 e. The second-order valence-corrected chi connectivity index (χ2v) is 5.85. The van der Waals surface area contributed by atoms with Gasteiger partial charge >= 0.3 is 0 Å². The third kappa shape index (κ3) is 5.78. The Morgan fingerprint density at radius 3 is 2.40 bits per heavy atom. The highest BCUT2D eigenvalue weighted by molar-refractivity contribution is 5.81. The van der Waals surface area contributed by atoms with Crippen LogP contribution >= 0.6 is 0 Å². The summed E-state index contributed by atoms with van der Waals surface area (Å²) in [5, 5.41) is 2.80. The van der Waals surface area contributed by atoms with Crippen molar-refractivity contribution in [2.24, 2.45) is 0 Å². The van der Waals surface area contributed by atoms with E-state index in [1.54, 1.807) is 12.1 Å². The van der Waals surface area contributed by atoms with Crippen LogP contribution in [0.2, 0.25) is 0 Å². The lowest BCUT2D eigenvalue weighted by atomic mass is 10.1. The van der Waals surface area contributed by atoms with Crippen molar-refractivity contribution in [1.82, 2.24) is 5.32 Å². The van der Waals surface area contributed by atoms with E-state index in [9.17, 15) is 9.18 Å². The molecule has 1 N–H and O–H groups in total. The molecule has 0 saturated heterocycles. The van der Waals surface area contributed by atoms with Crippen LogP contribution in [0, 0.1) is 19.7 Å². The molecule has 25 heavy (non-hydrogen) atoms. The highest BCUT2D eigenvalue weighted by Crippen LogP contribution is 2.18. The molecule has 2 aromatic carbocycles.